The zero-order chi connectivity index (χ0) is 15.5. The first-order chi connectivity index (χ1) is 9.11. The highest BCUT2D eigenvalue weighted by atomic mass is 16.6. The highest BCUT2D eigenvalue weighted by Crippen LogP contribution is 2.14. The van der Waals surface area contributed by atoms with Crippen molar-refractivity contribution in [3.63, 3.8) is 0 Å². The molecule has 0 bridgehead atoms. The molecule has 0 aromatic rings. The van der Waals surface area contributed by atoms with Crippen LogP contribution in [0.1, 0.15) is 33.6 Å². The van der Waals surface area contributed by atoms with Crippen LogP contribution in [0.5, 0.6) is 0 Å². The molecule has 1 aliphatic heterocycles. The van der Waals surface area contributed by atoms with E-state index in [1.807, 2.05) is 5.43 Å². The Morgan fingerprint density at radius 3 is 2.15 bits per heavy atom. The maximum atomic E-state index is 11.5. The minimum Gasteiger partial charge on any atom is -0.479 e. The lowest BCUT2D eigenvalue weighted by Crippen LogP contribution is -2.59. The number of carboxylic acid groups (broad SMARTS) is 1. The van der Waals surface area contributed by atoms with Crippen molar-refractivity contribution in [3.8, 4) is 0 Å². The van der Waals surface area contributed by atoms with Crippen molar-refractivity contribution in [2.75, 3.05) is 0 Å². The number of rotatable bonds is 4. The van der Waals surface area contributed by atoms with Gasteiger partial charge in [-0.25, -0.2) is 9.59 Å². The number of aliphatic carboxylic acids is 1. The molecule has 1 heterocycles. The fourth-order valence-electron chi connectivity index (χ4n) is 1.55. The summed E-state index contributed by atoms with van der Waals surface area (Å²) >= 11 is 0. The number of hydrazine groups is 1. The van der Waals surface area contributed by atoms with Gasteiger partial charge in [0, 0.05) is 12.8 Å². The third kappa shape index (κ3) is 4.19. The van der Waals surface area contributed by atoms with E-state index in [4.69, 9.17) is 9.84 Å². The van der Waals surface area contributed by atoms with Crippen LogP contribution in [0.15, 0.2) is 0 Å². The van der Waals surface area contributed by atoms with Crippen molar-refractivity contribution >= 4 is 23.9 Å². The fraction of sp³-hybridized carbons (Fsp3) is 0.636. The van der Waals surface area contributed by atoms with Gasteiger partial charge in [-0.2, -0.15) is 5.43 Å². The number of nitrogens with one attached hydrogen (secondary N) is 2. The van der Waals surface area contributed by atoms with E-state index in [0.29, 0.717) is 4.90 Å². The average Bonchev–Trinajstić information content (AvgIpc) is 2.58. The van der Waals surface area contributed by atoms with Gasteiger partial charge in [0.1, 0.15) is 5.60 Å². The Balaban J connectivity index is 2.65. The maximum Gasteiger partial charge on any atom is 0.422 e. The summed E-state index contributed by atoms with van der Waals surface area (Å²) in [6.07, 6.45) is -2.67. The second kappa shape index (κ2) is 5.87. The number of imide groups is 1. The van der Waals surface area contributed by atoms with Gasteiger partial charge in [-0.1, -0.05) is 0 Å². The van der Waals surface area contributed by atoms with Crippen molar-refractivity contribution < 1.29 is 29.0 Å². The van der Waals surface area contributed by atoms with Crippen LogP contribution in [0.3, 0.4) is 0 Å². The highest BCUT2D eigenvalue weighted by molar-refractivity contribution is 6.04. The number of hydrogen-bond acceptors (Lipinski definition) is 6. The summed E-state index contributed by atoms with van der Waals surface area (Å²) in [5, 5.41) is 9.01. The predicted molar refractivity (Wildman–Crippen MR) is 65.0 cm³/mol. The van der Waals surface area contributed by atoms with E-state index in [-0.39, 0.29) is 12.8 Å². The summed E-state index contributed by atoms with van der Waals surface area (Å²) in [5.41, 5.74) is 3.34. The normalized spacial score (nSPS) is 17.1. The number of carbonyl (C=O) groups is 4. The van der Waals surface area contributed by atoms with Crippen LogP contribution >= 0.6 is 0 Å². The molecule has 20 heavy (non-hydrogen) atoms. The number of carbonyl (C=O) groups excluding carboxylic acids is 3. The first kappa shape index (κ1) is 15.9. The smallest absolute Gasteiger partial charge is 0.422 e. The van der Waals surface area contributed by atoms with Gasteiger partial charge >= 0.3 is 12.1 Å². The number of carboxylic acids is 1. The summed E-state index contributed by atoms with van der Waals surface area (Å²) in [6.45, 7) is 4.90. The standard InChI is InChI=1S/C11H17N3O6/c1-11(2,3)20-10(19)13-12-8(9(17)18)14-6(15)4-5-7(14)16/h8,12H,4-5H2,1-3H3,(H,13,19)(H,17,18). The zero-order valence-electron chi connectivity index (χ0n) is 11.4. The molecule has 1 aliphatic rings. The minimum absolute atomic E-state index is 0.0449. The number of amides is 3. The first-order valence-corrected chi connectivity index (χ1v) is 5.94. The van der Waals surface area contributed by atoms with Crippen molar-refractivity contribution in [1.29, 1.82) is 0 Å². The van der Waals surface area contributed by atoms with E-state index in [1.165, 1.54) is 0 Å². The molecule has 1 rings (SSSR count). The molecule has 3 N–H and O–H groups in total. The van der Waals surface area contributed by atoms with Crippen molar-refractivity contribution in [2.24, 2.45) is 0 Å². The maximum absolute atomic E-state index is 11.5. The quantitative estimate of drug-likeness (QED) is 0.473. The van der Waals surface area contributed by atoms with Crippen LogP contribution in [-0.2, 0) is 19.1 Å². The third-order valence-electron chi connectivity index (χ3n) is 2.29. The van der Waals surface area contributed by atoms with Crippen molar-refractivity contribution in [2.45, 2.75) is 45.4 Å². The molecule has 1 unspecified atom stereocenters. The number of ether oxygens (including phenoxy) is 1. The Bertz CT molecular complexity index is 426. The zero-order valence-corrected chi connectivity index (χ0v) is 11.4. The van der Waals surface area contributed by atoms with Crippen LogP contribution < -0.4 is 10.9 Å². The van der Waals surface area contributed by atoms with Crippen LogP contribution in [0.4, 0.5) is 4.79 Å². The lowest BCUT2D eigenvalue weighted by atomic mass is 10.2. The average molecular weight is 287 g/mol. The van der Waals surface area contributed by atoms with Crippen molar-refractivity contribution in [3.05, 3.63) is 0 Å². The molecular formula is C11H17N3O6. The van der Waals surface area contributed by atoms with E-state index < -0.39 is 35.6 Å². The van der Waals surface area contributed by atoms with E-state index in [9.17, 15) is 19.2 Å². The Hall–Kier alpha value is -2.16. The fourth-order valence-corrected chi connectivity index (χ4v) is 1.55. The molecule has 112 valence electrons. The monoisotopic (exact) mass is 287 g/mol. The van der Waals surface area contributed by atoms with Gasteiger partial charge in [0.25, 0.3) is 0 Å². The van der Waals surface area contributed by atoms with Gasteiger partial charge < -0.3 is 9.84 Å². The van der Waals surface area contributed by atoms with Crippen LogP contribution in [-0.4, -0.2) is 45.7 Å². The third-order valence-corrected chi connectivity index (χ3v) is 2.29. The topological polar surface area (TPSA) is 125 Å². The van der Waals surface area contributed by atoms with Gasteiger partial charge in [0.05, 0.1) is 0 Å². The molecule has 1 atom stereocenters. The van der Waals surface area contributed by atoms with Gasteiger partial charge in [0.15, 0.2) is 0 Å². The molecule has 9 heteroatoms. The lowest BCUT2D eigenvalue weighted by molar-refractivity contribution is -0.156. The summed E-state index contributed by atoms with van der Waals surface area (Å²) < 4.78 is 4.89. The molecule has 0 saturated carbocycles. The van der Waals surface area contributed by atoms with Crippen LogP contribution in [0.25, 0.3) is 0 Å². The summed E-state index contributed by atoms with van der Waals surface area (Å²) in [6, 6.07) is 0. The Labute approximate surface area is 115 Å². The molecule has 0 radical (unpaired) electrons. The van der Waals surface area contributed by atoms with E-state index >= 15 is 0 Å². The van der Waals surface area contributed by atoms with Crippen molar-refractivity contribution in [1.82, 2.24) is 15.8 Å². The molecular weight excluding hydrogens is 270 g/mol. The van der Waals surface area contributed by atoms with Crippen LogP contribution in [0, 0.1) is 0 Å². The van der Waals surface area contributed by atoms with Gasteiger partial charge in [-0.05, 0) is 20.8 Å². The summed E-state index contributed by atoms with van der Waals surface area (Å²) in [7, 11) is 0. The van der Waals surface area contributed by atoms with Crippen LogP contribution in [0.2, 0.25) is 0 Å². The Morgan fingerprint density at radius 2 is 1.75 bits per heavy atom. The number of nitrogens with zero attached hydrogens (tertiary/aromatic N) is 1. The molecule has 0 spiro atoms. The molecule has 0 aromatic heterocycles. The Morgan fingerprint density at radius 1 is 1.25 bits per heavy atom. The SMILES string of the molecule is CC(C)(C)OC(=O)NNC(C(=O)O)N1C(=O)CCC1=O. The lowest BCUT2D eigenvalue weighted by Gasteiger charge is -2.25. The van der Waals surface area contributed by atoms with E-state index in [2.05, 4.69) is 5.43 Å². The molecule has 0 aromatic carbocycles. The predicted octanol–water partition coefficient (Wildman–Crippen LogP) is -0.425. The van der Waals surface area contributed by atoms with Gasteiger partial charge in [-0.3, -0.25) is 19.9 Å². The largest absolute Gasteiger partial charge is 0.479 e. The van der Waals surface area contributed by atoms with E-state index in [1.54, 1.807) is 20.8 Å². The number of likely N-dealkylation sites (tertiary alicyclic amines) is 1. The first-order valence-electron chi connectivity index (χ1n) is 5.94. The molecule has 9 nitrogen and oxygen atoms in total. The molecule has 1 fully saturated rings. The molecule has 0 aliphatic carbocycles. The van der Waals surface area contributed by atoms with Gasteiger partial charge in [0.2, 0.25) is 18.0 Å². The summed E-state index contributed by atoms with van der Waals surface area (Å²) in [5.74, 6) is -2.69. The summed E-state index contributed by atoms with van der Waals surface area (Å²) in [4.78, 5) is 46.0. The van der Waals surface area contributed by atoms with E-state index in [0.717, 1.165) is 0 Å². The molecule has 3 amide bonds. The van der Waals surface area contributed by atoms with Gasteiger partial charge in [-0.15, -0.1) is 0 Å². The second-order valence-corrected chi connectivity index (χ2v) is 5.17. The number of hydrogen-bond donors (Lipinski definition) is 3. The molecule has 1 saturated heterocycles. The highest BCUT2D eigenvalue weighted by Gasteiger charge is 2.39. The Kier molecular flexibility index (Phi) is 4.66. The minimum atomic E-state index is -1.66. The second-order valence-electron chi connectivity index (χ2n) is 5.17.